The standard InChI is InChI=1S/C20H18N2O2/c1-23-19-13-16(4-8-22-19)18-12-15(10-14-2-6-21-7-3-14)11-17-5-9-24-20(17)18/h2-4,6-8,11-13H,5,9-10H2,1H3. The summed E-state index contributed by atoms with van der Waals surface area (Å²) in [5.74, 6) is 1.60. The first-order valence-corrected chi connectivity index (χ1v) is 8.01. The van der Waals surface area contributed by atoms with Gasteiger partial charge in [-0.3, -0.25) is 4.98 Å². The maximum atomic E-state index is 5.89. The van der Waals surface area contributed by atoms with Gasteiger partial charge in [-0.25, -0.2) is 4.98 Å². The van der Waals surface area contributed by atoms with E-state index in [0.29, 0.717) is 5.88 Å². The molecule has 3 heterocycles. The van der Waals surface area contributed by atoms with Crippen LogP contribution in [-0.4, -0.2) is 23.7 Å². The molecule has 0 saturated heterocycles. The molecule has 0 fully saturated rings. The summed E-state index contributed by atoms with van der Waals surface area (Å²) in [6.07, 6.45) is 7.27. The van der Waals surface area contributed by atoms with Gasteiger partial charge in [0.05, 0.1) is 13.7 Å². The number of hydrogen-bond acceptors (Lipinski definition) is 4. The van der Waals surface area contributed by atoms with Crippen LogP contribution in [-0.2, 0) is 12.8 Å². The fourth-order valence-electron chi connectivity index (χ4n) is 3.12. The Hall–Kier alpha value is -2.88. The Kier molecular flexibility index (Phi) is 3.87. The predicted molar refractivity (Wildman–Crippen MR) is 92.5 cm³/mol. The van der Waals surface area contributed by atoms with Gasteiger partial charge in [0.15, 0.2) is 0 Å². The number of hydrogen-bond donors (Lipinski definition) is 0. The fraction of sp³-hybridized carbons (Fsp3) is 0.200. The van der Waals surface area contributed by atoms with E-state index in [9.17, 15) is 0 Å². The molecular weight excluding hydrogens is 300 g/mol. The number of aromatic nitrogens is 2. The van der Waals surface area contributed by atoms with Gasteiger partial charge in [0.1, 0.15) is 5.75 Å². The van der Waals surface area contributed by atoms with Crippen molar-refractivity contribution in [3.8, 4) is 22.8 Å². The van der Waals surface area contributed by atoms with Crippen molar-refractivity contribution in [1.29, 1.82) is 0 Å². The first kappa shape index (κ1) is 14.7. The van der Waals surface area contributed by atoms with Crippen LogP contribution < -0.4 is 9.47 Å². The molecule has 120 valence electrons. The van der Waals surface area contributed by atoms with E-state index in [0.717, 1.165) is 36.3 Å². The van der Waals surface area contributed by atoms with E-state index in [-0.39, 0.29) is 0 Å². The van der Waals surface area contributed by atoms with Crippen molar-refractivity contribution < 1.29 is 9.47 Å². The van der Waals surface area contributed by atoms with Crippen molar-refractivity contribution in [1.82, 2.24) is 9.97 Å². The Balaban J connectivity index is 1.78. The minimum atomic E-state index is 0.610. The van der Waals surface area contributed by atoms with Crippen LogP contribution in [0.5, 0.6) is 11.6 Å². The molecule has 0 saturated carbocycles. The lowest BCUT2D eigenvalue weighted by Gasteiger charge is -2.12. The van der Waals surface area contributed by atoms with E-state index >= 15 is 0 Å². The summed E-state index contributed by atoms with van der Waals surface area (Å²) in [5, 5.41) is 0. The van der Waals surface area contributed by atoms with Gasteiger partial charge in [-0.15, -0.1) is 0 Å². The molecule has 0 amide bonds. The van der Waals surface area contributed by atoms with Crippen molar-refractivity contribution in [2.24, 2.45) is 0 Å². The van der Waals surface area contributed by atoms with Crippen molar-refractivity contribution >= 4 is 0 Å². The lowest BCUT2D eigenvalue weighted by Crippen LogP contribution is -1.94. The number of benzene rings is 1. The quantitative estimate of drug-likeness (QED) is 0.736. The number of methoxy groups -OCH3 is 1. The van der Waals surface area contributed by atoms with Crippen molar-refractivity contribution in [2.75, 3.05) is 13.7 Å². The highest BCUT2D eigenvalue weighted by Gasteiger charge is 2.19. The molecule has 4 rings (SSSR count). The number of nitrogens with zero attached hydrogens (tertiary/aromatic N) is 2. The van der Waals surface area contributed by atoms with E-state index in [1.807, 2.05) is 24.5 Å². The van der Waals surface area contributed by atoms with E-state index in [4.69, 9.17) is 9.47 Å². The lowest BCUT2D eigenvalue weighted by molar-refractivity contribution is 0.358. The molecule has 0 radical (unpaired) electrons. The van der Waals surface area contributed by atoms with Crippen LogP contribution in [0.25, 0.3) is 11.1 Å². The Morgan fingerprint density at radius 1 is 1.04 bits per heavy atom. The van der Waals surface area contributed by atoms with Crippen molar-refractivity contribution in [3.05, 3.63) is 71.7 Å². The smallest absolute Gasteiger partial charge is 0.213 e. The van der Waals surface area contributed by atoms with Crippen LogP contribution in [0.15, 0.2) is 55.0 Å². The Morgan fingerprint density at radius 2 is 1.92 bits per heavy atom. The summed E-state index contributed by atoms with van der Waals surface area (Å²) in [4.78, 5) is 8.29. The fourth-order valence-corrected chi connectivity index (χ4v) is 3.12. The Bertz CT molecular complexity index is 863. The van der Waals surface area contributed by atoms with E-state index < -0.39 is 0 Å². The predicted octanol–water partition coefficient (Wildman–Crippen LogP) is 3.68. The largest absolute Gasteiger partial charge is 0.492 e. The molecular formula is C20H18N2O2. The number of ether oxygens (including phenoxy) is 2. The molecule has 24 heavy (non-hydrogen) atoms. The molecule has 4 nitrogen and oxygen atoms in total. The van der Waals surface area contributed by atoms with E-state index in [1.54, 1.807) is 13.3 Å². The van der Waals surface area contributed by atoms with Crippen molar-refractivity contribution in [3.63, 3.8) is 0 Å². The Labute approximate surface area is 141 Å². The van der Waals surface area contributed by atoms with Gasteiger partial charge in [0.25, 0.3) is 0 Å². The average Bonchev–Trinajstić information content (AvgIpc) is 3.10. The molecule has 0 spiro atoms. The third-order valence-corrected chi connectivity index (χ3v) is 4.26. The lowest BCUT2D eigenvalue weighted by atomic mass is 9.95. The zero-order chi connectivity index (χ0) is 16.4. The van der Waals surface area contributed by atoms with Crippen LogP contribution in [0.2, 0.25) is 0 Å². The number of fused-ring (bicyclic) bond motifs is 1. The van der Waals surface area contributed by atoms with Crippen LogP contribution in [0, 0.1) is 0 Å². The molecule has 3 aromatic rings. The molecule has 2 aromatic heterocycles. The third-order valence-electron chi connectivity index (χ3n) is 4.26. The average molecular weight is 318 g/mol. The molecule has 0 bridgehead atoms. The van der Waals surface area contributed by atoms with Gasteiger partial charge in [0.2, 0.25) is 5.88 Å². The third kappa shape index (κ3) is 2.83. The summed E-state index contributed by atoms with van der Waals surface area (Å²) >= 11 is 0. The van der Waals surface area contributed by atoms with E-state index in [2.05, 4.69) is 34.2 Å². The molecule has 1 aromatic carbocycles. The molecule has 0 aliphatic carbocycles. The second kappa shape index (κ2) is 6.32. The zero-order valence-corrected chi connectivity index (χ0v) is 13.5. The first-order valence-electron chi connectivity index (χ1n) is 8.01. The van der Waals surface area contributed by atoms with Gasteiger partial charge < -0.3 is 9.47 Å². The zero-order valence-electron chi connectivity index (χ0n) is 13.5. The summed E-state index contributed by atoms with van der Waals surface area (Å²) in [6.45, 7) is 0.739. The van der Waals surface area contributed by atoms with Crippen LogP contribution in [0.1, 0.15) is 16.7 Å². The number of rotatable bonds is 4. The highest BCUT2D eigenvalue weighted by atomic mass is 16.5. The molecule has 1 aliphatic rings. The summed E-state index contributed by atoms with van der Waals surface area (Å²) < 4.78 is 11.2. The molecule has 1 aliphatic heterocycles. The van der Waals surface area contributed by atoms with Gasteiger partial charge >= 0.3 is 0 Å². The topological polar surface area (TPSA) is 44.2 Å². The van der Waals surface area contributed by atoms with Crippen molar-refractivity contribution in [2.45, 2.75) is 12.8 Å². The maximum Gasteiger partial charge on any atom is 0.213 e. The highest BCUT2D eigenvalue weighted by Crippen LogP contribution is 2.39. The SMILES string of the molecule is COc1cc(-c2cc(Cc3ccncc3)cc3c2OCC3)ccn1. The minimum absolute atomic E-state index is 0.610. The second-order valence-electron chi connectivity index (χ2n) is 5.85. The van der Waals surface area contributed by atoms with Gasteiger partial charge in [-0.05, 0) is 52.9 Å². The van der Waals surface area contributed by atoms with Gasteiger partial charge in [-0.2, -0.15) is 0 Å². The summed E-state index contributed by atoms with van der Waals surface area (Å²) in [5.41, 5.74) is 5.97. The molecule has 4 heteroatoms. The van der Waals surface area contributed by atoms with Crippen LogP contribution >= 0.6 is 0 Å². The first-order chi connectivity index (χ1) is 11.8. The minimum Gasteiger partial charge on any atom is -0.492 e. The van der Waals surface area contributed by atoms with Crippen LogP contribution in [0.4, 0.5) is 0 Å². The van der Waals surface area contributed by atoms with E-state index in [1.165, 1.54) is 16.7 Å². The monoisotopic (exact) mass is 318 g/mol. The van der Waals surface area contributed by atoms with Crippen LogP contribution in [0.3, 0.4) is 0 Å². The molecule has 0 N–H and O–H groups in total. The number of pyridine rings is 2. The summed E-state index contributed by atoms with van der Waals surface area (Å²) in [6, 6.07) is 12.5. The van der Waals surface area contributed by atoms with Gasteiger partial charge in [0, 0.05) is 36.6 Å². The molecule has 0 unspecified atom stereocenters. The van der Waals surface area contributed by atoms with Gasteiger partial charge in [-0.1, -0.05) is 6.07 Å². The Morgan fingerprint density at radius 3 is 2.75 bits per heavy atom. The second-order valence-corrected chi connectivity index (χ2v) is 5.85. The normalized spacial score (nSPS) is 12.5. The summed E-state index contributed by atoms with van der Waals surface area (Å²) in [7, 11) is 1.63. The maximum absolute atomic E-state index is 5.89. The highest BCUT2D eigenvalue weighted by molar-refractivity contribution is 5.74. The molecule has 0 atom stereocenters.